The van der Waals surface area contributed by atoms with Crippen LogP contribution in [0.4, 0.5) is 10.3 Å². The van der Waals surface area contributed by atoms with Gasteiger partial charge in [0, 0.05) is 6.20 Å². The second kappa shape index (κ2) is 5.57. The van der Waals surface area contributed by atoms with Crippen LogP contribution in [0.25, 0.3) is 11.0 Å². The number of aromatic amines is 1. The van der Waals surface area contributed by atoms with E-state index in [2.05, 4.69) is 21.8 Å². The Hall–Kier alpha value is -2.45. The number of fused-ring (bicyclic) bond motifs is 1. The molecule has 3 rings (SSSR count). The number of H-pyrrole nitrogens is 1. The number of aromatic nitrogens is 3. The van der Waals surface area contributed by atoms with Gasteiger partial charge in [0.05, 0.1) is 6.61 Å². The number of aliphatic hydroxyl groups excluding tert-OH is 2. The average Bonchev–Trinajstić information content (AvgIpc) is 2.96. The molecular weight excluding hydrogens is 321 g/mol. The molecule has 128 valence electrons. The highest BCUT2D eigenvalue weighted by molar-refractivity contribution is 5.77. The van der Waals surface area contributed by atoms with Crippen molar-refractivity contribution in [3.63, 3.8) is 0 Å². The van der Waals surface area contributed by atoms with Crippen LogP contribution in [-0.2, 0) is 4.74 Å². The summed E-state index contributed by atoms with van der Waals surface area (Å²) >= 11 is 0. The zero-order chi connectivity index (χ0) is 17.6. The van der Waals surface area contributed by atoms with Crippen LogP contribution in [0, 0.1) is 17.7 Å². The molecule has 1 saturated heterocycles. The zero-order valence-corrected chi connectivity index (χ0v) is 12.7. The van der Waals surface area contributed by atoms with Crippen molar-refractivity contribution in [1.29, 1.82) is 0 Å². The topological polar surface area (TPSA) is 152 Å². The molecule has 3 heterocycles. The van der Waals surface area contributed by atoms with Gasteiger partial charge in [-0.05, 0) is 6.92 Å². The Labute approximate surface area is 135 Å². The van der Waals surface area contributed by atoms with E-state index in [9.17, 15) is 19.4 Å². The van der Waals surface area contributed by atoms with Gasteiger partial charge in [-0.15, -0.1) is 5.92 Å². The van der Waals surface area contributed by atoms with Crippen LogP contribution in [0.3, 0.4) is 0 Å². The molecule has 10 heteroatoms. The molecule has 1 fully saturated rings. The van der Waals surface area contributed by atoms with E-state index in [4.69, 9.17) is 16.2 Å². The number of hydrogen-bond donors (Lipinski definition) is 5. The number of rotatable bonds is 2. The molecule has 0 aromatic carbocycles. The molecule has 0 radical (unpaired) electrons. The first-order chi connectivity index (χ1) is 11.3. The molecule has 0 aliphatic carbocycles. The minimum atomic E-state index is -1.64. The number of nitrogen functional groups attached to an aromatic ring is 1. The first-order valence-electron chi connectivity index (χ1n) is 7.06. The van der Waals surface area contributed by atoms with Crippen LogP contribution < -0.4 is 17.0 Å². The highest BCUT2D eigenvalue weighted by Crippen LogP contribution is 2.38. The van der Waals surface area contributed by atoms with Crippen molar-refractivity contribution < 1.29 is 19.3 Å². The third-order valence-corrected chi connectivity index (χ3v) is 3.98. The molecule has 24 heavy (non-hydrogen) atoms. The second-order valence-electron chi connectivity index (χ2n) is 5.50. The van der Waals surface area contributed by atoms with Crippen LogP contribution in [0.5, 0.6) is 0 Å². The van der Waals surface area contributed by atoms with Crippen molar-refractivity contribution in [1.82, 2.24) is 14.5 Å². The summed E-state index contributed by atoms with van der Waals surface area (Å²) in [7, 11) is 0. The van der Waals surface area contributed by atoms with Crippen molar-refractivity contribution >= 4 is 17.0 Å². The van der Waals surface area contributed by atoms with E-state index in [1.54, 1.807) is 0 Å². The second-order valence-corrected chi connectivity index (χ2v) is 5.50. The molecular formula is C14H16FN5O4. The van der Waals surface area contributed by atoms with E-state index in [0.29, 0.717) is 0 Å². The molecule has 2 aromatic heterocycles. The van der Waals surface area contributed by atoms with Crippen LogP contribution >= 0.6 is 0 Å². The van der Waals surface area contributed by atoms with E-state index >= 15 is 0 Å². The number of ether oxygens (including phenoxy) is 1. The lowest BCUT2D eigenvalue weighted by Gasteiger charge is -2.28. The number of anilines is 1. The molecule has 0 spiro atoms. The van der Waals surface area contributed by atoms with E-state index in [-0.39, 0.29) is 17.0 Å². The van der Waals surface area contributed by atoms with Gasteiger partial charge in [-0.2, -0.15) is 4.98 Å². The van der Waals surface area contributed by atoms with Gasteiger partial charge >= 0.3 is 0 Å². The summed E-state index contributed by atoms with van der Waals surface area (Å²) in [5.41, 5.74) is 9.21. The van der Waals surface area contributed by atoms with Gasteiger partial charge in [-0.1, -0.05) is 5.92 Å². The average molecular weight is 337 g/mol. The van der Waals surface area contributed by atoms with Gasteiger partial charge in [0.15, 0.2) is 23.2 Å². The summed E-state index contributed by atoms with van der Waals surface area (Å²) in [6.07, 6.45) is -2.57. The van der Waals surface area contributed by atoms with Crippen molar-refractivity contribution in [2.45, 2.75) is 30.9 Å². The lowest BCUT2D eigenvalue weighted by molar-refractivity contribution is -0.0446. The van der Waals surface area contributed by atoms with Gasteiger partial charge in [0.1, 0.15) is 17.6 Å². The standard InChI is InChI=1S/C14H16FN5O4/c1-2-3-14(17)9(22)7(5-21)24-12(14)20-4-6(15)8-10(20)18-13(16)19-11(8)23/h4,7,9,12,21-22H,5,17H2,1H3,(H3,16,18,19,23)/t7-,9+,12-,14?/m1/s1. The van der Waals surface area contributed by atoms with Crippen LogP contribution in [0.2, 0.25) is 0 Å². The third-order valence-electron chi connectivity index (χ3n) is 3.98. The number of nitrogens with zero attached hydrogens (tertiary/aromatic N) is 2. The summed E-state index contributed by atoms with van der Waals surface area (Å²) in [6.45, 7) is 1.000. The predicted octanol–water partition coefficient (Wildman–Crippen LogP) is -1.58. The molecule has 1 unspecified atom stereocenters. The third kappa shape index (κ3) is 2.18. The molecule has 7 N–H and O–H groups in total. The smallest absolute Gasteiger partial charge is 0.264 e. The van der Waals surface area contributed by atoms with Gasteiger partial charge in [-0.3, -0.25) is 14.3 Å². The van der Waals surface area contributed by atoms with Gasteiger partial charge < -0.3 is 26.4 Å². The van der Waals surface area contributed by atoms with Crippen LogP contribution in [0.1, 0.15) is 13.2 Å². The Morgan fingerprint density at radius 3 is 2.96 bits per heavy atom. The Bertz CT molecular complexity index is 913. The maximum atomic E-state index is 14.2. The monoisotopic (exact) mass is 337 g/mol. The molecule has 9 nitrogen and oxygen atoms in total. The van der Waals surface area contributed by atoms with Crippen molar-refractivity contribution in [2.24, 2.45) is 5.73 Å². The number of hydrogen-bond acceptors (Lipinski definition) is 7. The number of nitrogens with one attached hydrogen (secondary N) is 1. The first-order valence-corrected chi connectivity index (χ1v) is 7.06. The van der Waals surface area contributed by atoms with Gasteiger partial charge in [-0.25, -0.2) is 4.39 Å². The molecule has 4 atom stereocenters. The fraction of sp³-hybridized carbons (Fsp3) is 0.429. The maximum absolute atomic E-state index is 14.2. The number of nitrogens with two attached hydrogens (primary N) is 2. The molecule has 1 aliphatic rings. The van der Waals surface area contributed by atoms with E-state index in [0.717, 1.165) is 10.8 Å². The summed E-state index contributed by atoms with van der Waals surface area (Å²) in [6, 6.07) is 0. The van der Waals surface area contributed by atoms with Crippen molar-refractivity contribution in [3.05, 3.63) is 22.4 Å². The molecule has 2 aromatic rings. The highest BCUT2D eigenvalue weighted by Gasteiger charge is 2.54. The lowest BCUT2D eigenvalue weighted by atomic mass is 9.91. The number of halogens is 1. The van der Waals surface area contributed by atoms with Crippen LogP contribution in [0.15, 0.2) is 11.0 Å². The van der Waals surface area contributed by atoms with E-state index < -0.39 is 42.0 Å². The fourth-order valence-corrected chi connectivity index (χ4v) is 2.90. The minimum absolute atomic E-state index is 0.0998. The van der Waals surface area contributed by atoms with Crippen LogP contribution in [-0.4, -0.2) is 49.1 Å². The number of aliphatic hydroxyl groups is 2. The van der Waals surface area contributed by atoms with Crippen molar-refractivity contribution in [2.75, 3.05) is 12.3 Å². The highest BCUT2D eigenvalue weighted by atomic mass is 19.1. The van der Waals surface area contributed by atoms with Gasteiger partial charge in [0.2, 0.25) is 5.95 Å². The summed E-state index contributed by atoms with van der Waals surface area (Å²) in [5.74, 6) is 4.16. The quantitative estimate of drug-likeness (QED) is 0.414. The van der Waals surface area contributed by atoms with Crippen molar-refractivity contribution in [3.8, 4) is 11.8 Å². The SMILES string of the molecule is CC#CC1(N)[C@@H](O)[C@@H](CO)O[C@H]1n1cc(F)c2c(=O)[nH]c(N)nc21. The fourth-order valence-electron chi connectivity index (χ4n) is 2.90. The first kappa shape index (κ1) is 16.4. The van der Waals surface area contributed by atoms with Gasteiger partial charge in [0.25, 0.3) is 5.56 Å². The van der Waals surface area contributed by atoms with E-state index in [1.165, 1.54) is 6.92 Å². The summed E-state index contributed by atoms with van der Waals surface area (Å²) in [4.78, 5) is 18.0. The molecule has 1 aliphatic heterocycles. The minimum Gasteiger partial charge on any atom is -0.394 e. The lowest BCUT2D eigenvalue weighted by Crippen LogP contribution is -2.53. The normalized spacial score (nSPS) is 29.6. The maximum Gasteiger partial charge on any atom is 0.264 e. The Balaban J connectivity index is 2.26. The largest absolute Gasteiger partial charge is 0.394 e. The molecule has 0 bridgehead atoms. The zero-order valence-electron chi connectivity index (χ0n) is 12.7. The molecule has 0 saturated carbocycles. The Morgan fingerprint density at radius 2 is 2.33 bits per heavy atom. The van der Waals surface area contributed by atoms with E-state index in [1.807, 2.05) is 0 Å². The Kier molecular flexibility index (Phi) is 3.81. The summed E-state index contributed by atoms with van der Waals surface area (Å²) in [5, 5.41) is 19.4. The molecule has 0 amide bonds. The predicted molar refractivity (Wildman–Crippen MR) is 82.1 cm³/mol. The Morgan fingerprint density at radius 1 is 1.62 bits per heavy atom. The summed E-state index contributed by atoms with van der Waals surface area (Å²) < 4.78 is 20.9.